The summed E-state index contributed by atoms with van der Waals surface area (Å²) >= 11 is 4.98. The van der Waals surface area contributed by atoms with Gasteiger partial charge in [-0.05, 0) is 30.8 Å². The van der Waals surface area contributed by atoms with Crippen LogP contribution in [0.4, 0.5) is 10.1 Å². The zero-order valence-corrected chi connectivity index (χ0v) is 10.5. The molecule has 0 heterocycles. The predicted octanol–water partition coefficient (Wildman–Crippen LogP) is 2.24. The number of thiocarbonyl (C=S) groups is 1. The Labute approximate surface area is 105 Å². The fourth-order valence-corrected chi connectivity index (χ4v) is 1.42. The number of phenols is 1. The van der Waals surface area contributed by atoms with Crippen molar-refractivity contribution in [1.82, 2.24) is 5.32 Å². The second-order valence-electron chi connectivity index (χ2n) is 3.36. The summed E-state index contributed by atoms with van der Waals surface area (Å²) in [6.07, 6.45) is 0.921. The summed E-state index contributed by atoms with van der Waals surface area (Å²) in [5.74, 6) is -1.33. The molecular formula is C11H15FN2O2S. The van der Waals surface area contributed by atoms with Crippen LogP contribution in [0, 0.1) is 5.82 Å². The number of phenolic OH excluding ortho intramolecular Hbond substituents is 1. The molecular weight excluding hydrogens is 243 g/mol. The number of hydrogen-bond acceptors (Lipinski definition) is 3. The summed E-state index contributed by atoms with van der Waals surface area (Å²) in [7, 11) is 1.33. The second kappa shape index (κ2) is 6.24. The highest BCUT2D eigenvalue weighted by molar-refractivity contribution is 7.80. The molecule has 1 aromatic carbocycles. The number of aromatic hydroxyl groups is 1. The Kier molecular flexibility index (Phi) is 4.96. The number of benzene rings is 1. The maximum absolute atomic E-state index is 13.5. The van der Waals surface area contributed by atoms with Crippen LogP contribution in [0.5, 0.6) is 11.5 Å². The number of methoxy groups -OCH3 is 1. The molecule has 0 spiro atoms. The number of rotatable bonds is 4. The van der Waals surface area contributed by atoms with Crippen molar-refractivity contribution in [2.45, 2.75) is 13.3 Å². The zero-order chi connectivity index (χ0) is 12.8. The van der Waals surface area contributed by atoms with Crippen LogP contribution in [0.3, 0.4) is 0 Å². The first kappa shape index (κ1) is 13.5. The van der Waals surface area contributed by atoms with Crippen LogP contribution in [0.25, 0.3) is 0 Å². The van der Waals surface area contributed by atoms with E-state index in [4.69, 9.17) is 17.0 Å². The van der Waals surface area contributed by atoms with E-state index in [0.717, 1.165) is 6.42 Å². The van der Waals surface area contributed by atoms with E-state index in [0.29, 0.717) is 11.7 Å². The summed E-state index contributed by atoms with van der Waals surface area (Å²) < 4.78 is 18.2. The van der Waals surface area contributed by atoms with Crippen LogP contribution >= 0.6 is 12.2 Å². The molecule has 0 unspecified atom stereocenters. The smallest absolute Gasteiger partial charge is 0.208 e. The van der Waals surface area contributed by atoms with Crippen LogP contribution in [-0.4, -0.2) is 23.9 Å². The Morgan fingerprint density at radius 1 is 1.53 bits per heavy atom. The average Bonchev–Trinajstić information content (AvgIpc) is 2.33. The third kappa shape index (κ3) is 3.45. The molecule has 6 heteroatoms. The van der Waals surface area contributed by atoms with E-state index < -0.39 is 11.6 Å². The molecule has 1 aromatic rings. The maximum Gasteiger partial charge on any atom is 0.208 e. The Morgan fingerprint density at radius 2 is 2.24 bits per heavy atom. The van der Waals surface area contributed by atoms with Gasteiger partial charge in [0, 0.05) is 6.54 Å². The van der Waals surface area contributed by atoms with Crippen molar-refractivity contribution in [1.29, 1.82) is 0 Å². The molecule has 0 atom stereocenters. The van der Waals surface area contributed by atoms with Crippen molar-refractivity contribution < 1.29 is 14.2 Å². The summed E-state index contributed by atoms with van der Waals surface area (Å²) in [5, 5.41) is 15.5. The van der Waals surface area contributed by atoms with Crippen LogP contribution in [0.1, 0.15) is 13.3 Å². The molecule has 1 rings (SSSR count). The molecule has 94 valence electrons. The van der Waals surface area contributed by atoms with E-state index in [1.807, 2.05) is 6.92 Å². The molecule has 0 aliphatic rings. The maximum atomic E-state index is 13.5. The number of nitrogens with one attached hydrogen (secondary N) is 2. The summed E-state index contributed by atoms with van der Waals surface area (Å²) in [4.78, 5) is 0. The molecule has 0 aromatic heterocycles. The van der Waals surface area contributed by atoms with Crippen LogP contribution in [0.2, 0.25) is 0 Å². The minimum Gasteiger partial charge on any atom is -0.503 e. The van der Waals surface area contributed by atoms with Crippen molar-refractivity contribution in [3.8, 4) is 11.5 Å². The largest absolute Gasteiger partial charge is 0.503 e. The molecule has 0 bridgehead atoms. The minimum atomic E-state index is -0.809. The molecule has 17 heavy (non-hydrogen) atoms. The number of anilines is 1. The lowest BCUT2D eigenvalue weighted by Gasteiger charge is -2.12. The van der Waals surface area contributed by atoms with Gasteiger partial charge in [-0.2, -0.15) is 4.39 Å². The minimum absolute atomic E-state index is 0.0134. The van der Waals surface area contributed by atoms with Gasteiger partial charge in [-0.3, -0.25) is 0 Å². The van der Waals surface area contributed by atoms with Crippen LogP contribution in [-0.2, 0) is 0 Å². The molecule has 0 radical (unpaired) electrons. The van der Waals surface area contributed by atoms with E-state index in [2.05, 4.69) is 10.6 Å². The lowest BCUT2D eigenvalue weighted by molar-refractivity contribution is 0.365. The van der Waals surface area contributed by atoms with Gasteiger partial charge in [0.15, 0.2) is 16.6 Å². The van der Waals surface area contributed by atoms with Crippen LogP contribution < -0.4 is 15.4 Å². The lowest BCUT2D eigenvalue weighted by atomic mass is 10.2. The van der Waals surface area contributed by atoms with Gasteiger partial charge in [-0.25, -0.2) is 0 Å². The Morgan fingerprint density at radius 3 is 2.82 bits per heavy atom. The van der Waals surface area contributed by atoms with Gasteiger partial charge in [-0.15, -0.1) is 0 Å². The normalized spacial score (nSPS) is 9.82. The highest BCUT2D eigenvalue weighted by atomic mass is 32.1. The Bertz CT molecular complexity index is 413. The molecule has 4 nitrogen and oxygen atoms in total. The number of halogens is 1. The number of hydrogen-bond donors (Lipinski definition) is 3. The van der Waals surface area contributed by atoms with Crippen molar-refractivity contribution >= 4 is 23.0 Å². The number of ether oxygens (including phenoxy) is 1. The molecule has 0 aliphatic carbocycles. The van der Waals surface area contributed by atoms with Gasteiger partial charge < -0.3 is 20.5 Å². The molecule has 3 N–H and O–H groups in total. The van der Waals surface area contributed by atoms with Gasteiger partial charge in [0.1, 0.15) is 0 Å². The van der Waals surface area contributed by atoms with Gasteiger partial charge in [0.2, 0.25) is 5.82 Å². The standard InChI is InChI=1S/C11H15FN2O2S/c1-3-6-13-11(17)14-7-4-5-8(16-2)9(12)10(7)15/h4-5,15H,3,6H2,1-2H3,(H2,13,14,17). The van der Waals surface area contributed by atoms with Crippen molar-refractivity contribution in [2.75, 3.05) is 19.0 Å². The Hall–Kier alpha value is -1.56. The van der Waals surface area contributed by atoms with E-state index in [-0.39, 0.29) is 11.4 Å². The molecule has 0 aliphatic heterocycles. The fourth-order valence-electron chi connectivity index (χ4n) is 1.21. The SMILES string of the molecule is CCCNC(=S)Nc1ccc(OC)c(F)c1O. The molecule has 0 fully saturated rings. The highest BCUT2D eigenvalue weighted by Crippen LogP contribution is 2.32. The van der Waals surface area contributed by atoms with Crippen LogP contribution in [0.15, 0.2) is 12.1 Å². The van der Waals surface area contributed by atoms with Gasteiger partial charge in [0.05, 0.1) is 12.8 Å². The molecule has 0 saturated carbocycles. The monoisotopic (exact) mass is 258 g/mol. The van der Waals surface area contributed by atoms with Gasteiger partial charge in [-0.1, -0.05) is 6.92 Å². The first-order valence-electron chi connectivity index (χ1n) is 5.20. The highest BCUT2D eigenvalue weighted by Gasteiger charge is 2.13. The zero-order valence-electron chi connectivity index (χ0n) is 9.71. The van der Waals surface area contributed by atoms with Gasteiger partial charge in [0.25, 0.3) is 0 Å². The van der Waals surface area contributed by atoms with E-state index in [1.165, 1.54) is 19.2 Å². The third-order valence-corrected chi connectivity index (χ3v) is 2.33. The molecule has 0 saturated heterocycles. The average molecular weight is 258 g/mol. The first-order valence-corrected chi connectivity index (χ1v) is 5.61. The van der Waals surface area contributed by atoms with E-state index >= 15 is 0 Å². The van der Waals surface area contributed by atoms with Crippen molar-refractivity contribution in [3.63, 3.8) is 0 Å². The predicted molar refractivity (Wildman–Crippen MR) is 69.1 cm³/mol. The lowest BCUT2D eigenvalue weighted by Crippen LogP contribution is -2.28. The summed E-state index contributed by atoms with van der Waals surface area (Å²) in [6, 6.07) is 2.91. The van der Waals surface area contributed by atoms with Crippen molar-refractivity contribution in [3.05, 3.63) is 17.9 Å². The van der Waals surface area contributed by atoms with E-state index in [9.17, 15) is 9.50 Å². The van der Waals surface area contributed by atoms with E-state index in [1.54, 1.807) is 0 Å². The third-order valence-electron chi connectivity index (χ3n) is 2.08. The topological polar surface area (TPSA) is 53.5 Å². The van der Waals surface area contributed by atoms with Gasteiger partial charge >= 0.3 is 0 Å². The first-order chi connectivity index (χ1) is 8.10. The summed E-state index contributed by atoms with van der Waals surface area (Å²) in [5.41, 5.74) is 0.205. The Balaban J connectivity index is 2.79. The summed E-state index contributed by atoms with van der Waals surface area (Å²) in [6.45, 7) is 2.71. The quantitative estimate of drug-likeness (QED) is 0.571. The fraction of sp³-hybridized carbons (Fsp3) is 0.364. The van der Waals surface area contributed by atoms with Crippen molar-refractivity contribution in [2.24, 2.45) is 0 Å². The second-order valence-corrected chi connectivity index (χ2v) is 3.77. The molecule has 0 amide bonds.